The molecule has 0 bridgehead atoms. The standard InChI is InChI=1S/C14H10NOS/c1-10(16)15-11-6-2-4-8-13(11)17-14-9-5-3-7-12(14)15/h2-6,8-9H,1H3. The number of nitrogens with zero attached hydrogens (tertiary/aromatic N) is 1. The molecule has 1 aliphatic rings. The largest absolute Gasteiger partial charge is 0.278 e. The summed E-state index contributed by atoms with van der Waals surface area (Å²) in [6.07, 6.45) is 0. The van der Waals surface area contributed by atoms with Crippen LogP contribution in [0.5, 0.6) is 0 Å². The van der Waals surface area contributed by atoms with Crippen LogP contribution in [0.1, 0.15) is 6.92 Å². The van der Waals surface area contributed by atoms with Crippen LogP contribution in [0, 0.1) is 6.07 Å². The van der Waals surface area contributed by atoms with Crippen LogP contribution in [0.2, 0.25) is 0 Å². The minimum Gasteiger partial charge on any atom is -0.278 e. The number of rotatable bonds is 0. The van der Waals surface area contributed by atoms with E-state index in [2.05, 4.69) is 6.07 Å². The smallest absolute Gasteiger partial charge is 0.228 e. The first-order valence-corrected chi connectivity index (χ1v) is 6.17. The lowest BCUT2D eigenvalue weighted by Crippen LogP contribution is -2.25. The quantitative estimate of drug-likeness (QED) is 0.700. The molecular formula is C14H10NOS. The lowest BCUT2D eigenvalue weighted by atomic mass is 10.2. The zero-order chi connectivity index (χ0) is 11.8. The van der Waals surface area contributed by atoms with E-state index in [0.717, 1.165) is 21.2 Å². The van der Waals surface area contributed by atoms with Gasteiger partial charge in [0.25, 0.3) is 0 Å². The Bertz CT molecular complexity index is 549. The second-order valence-corrected chi connectivity index (χ2v) is 4.89. The highest BCUT2D eigenvalue weighted by atomic mass is 32.2. The molecule has 0 aromatic heterocycles. The molecule has 17 heavy (non-hydrogen) atoms. The van der Waals surface area contributed by atoms with Gasteiger partial charge in [0.1, 0.15) is 0 Å². The lowest BCUT2D eigenvalue weighted by molar-refractivity contribution is -0.115. The van der Waals surface area contributed by atoms with Gasteiger partial charge in [-0.2, -0.15) is 0 Å². The first kappa shape index (κ1) is 10.4. The van der Waals surface area contributed by atoms with Gasteiger partial charge in [-0.1, -0.05) is 36.0 Å². The normalized spacial score (nSPS) is 12.9. The van der Waals surface area contributed by atoms with Gasteiger partial charge < -0.3 is 0 Å². The fraction of sp³-hybridized carbons (Fsp3) is 0.0714. The van der Waals surface area contributed by atoms with Crippen molar-refractivity contribution in [1.82, 2.24) is 0 Å². The lowest BCUT2D eigenvalue weighted by Gasteiger charge is -2.29. The summed E-state index contributed by atoms with van der Waals surface area (Å²) in [4.78, 5) is 15.7. The maximum absolute atomic E-state index is 11.8. The van der Waals surface area contributed by atoms with E-state index in [9.17, 15) is 4.79 Å². The number of hydrogen-bond acceptors (Lipinski definition) is 2. The van der Waals surface area contributed by atoms with E-state index < -0.39 is 0 Å². The fourth-order valence-corrected chi connectivity index (χ4v) is 3.00. The molecule has 2 nitrogen and oxygen atoms in total. The molecule has 83 valence electrons. The molecule has 1 heterocycles. The highest BCUT2D eigenvalue weighted by molar-refractivity contribution is 7.99. The molecule has 0 saturated heterocycles. The van der Waals surface area contributed by atoms with E-state index in [1.165, 1.54) is 0 Å². The van der Waals surface area contributed by atoms with Crippen LogP contribution < -0.4 is 4.90 Å². The highest BCUT2D eigenvalue weighted by Crippen LogP contribution is 2.47. The van der Waals surface area contributed by atoms with Crippen molar-refractivity contribution in [2.45, 2.75) is 16.7 Å². The SMILES string of the molecule is CC(=O)N1c2[c]cccc2Sc2ccccc21. The Labute approximate surface area is 104 Å². The molecule has 1 amide bonds. The van der Waals surface area contributed by atoms with Crippen molar-refractivity contribution in [3.63, 3.8) is 0 Å². The Kier molecular flexibility index (Phi) is 2.41. The molecule has 0 fully saturated rings. The predicted octanol–water partition coefficient (Wildman–Crippen LogP) is 3.64. The van der Waals surface area contributed by atoms with E-state index in [1.54, 1.807) is 23.6 Å². The van der Waals surface area contributed by atoms with Crippen LogP contribution >= 0.6 is 11.8 Å². The fourth-order valence-electron chi connectivity index (χ4n) is 1.96. The zero-order valence-electron chi connectivity index (χ0n) is 9.31. The molecule has 1 radical (unpaired) electrons. The Hall–Kier alpha value is -1.74. The molecular weight excluding hydrogens is 230 g/mol. The number of carbonyl (C=O) groups excluding carboxylic acids is 1. The van der Waals surface area contributed by atoms with Crippen LogP contribution in [-0.4, -0.2) is 5.91 Å². The number of amides is 1. The molecule has 2 aromatic rings. The van der Waals surface area contributed by atoms with Crippen LogP contribution in [0.15, 0.2) is 52.3 Å². The molecule has 0 saturated carbocycles. The zero-order valence-corrected chi connectivity index (χ0v) is 10.1. The molecule has 0 spiro atoms. The summed E-state index contributed by atoms with van der Waals surface area (Å²) >= 11 is 1.68. The average Bonchev–Trinajstić information content (AvgIpc) is 2.35. The third kappa shape index (κ3) is 1.63. The monoisotopic (exact) mass is 240 g/mol. The summed E-state index contributed by atoms with van der Waals surface area (Å²) < 4.78 is 0. The summed E-state index contributed by atoms with van der Waals surface area (Å²) in [5.41, 5.74) is 1.80. The van der Waals surface area contributed by atoms with Crippen molar-refractivity contribution in [3.8, 4) is 0 Å². The number of benzene rings is 2. The van der Waals surface area contributed by atoms with Gasteiger partial charge in [0, 0.05) is 22.8 Å². The molecule has 3 heteroatoms. The maximum Gasteiger partial charge on any atom is 0.228 e. The second-order valence-electron chi connectivity index (χ2n) is 3.81. The minimum absolute atomic E-state index is 0.0152. The number of fused-ring (bicyclic) bond motifs is 2. The summed E-state index contributed by atoms with van der Waals surface area (Å²) in [6.45, 7) is 1.58. The summed E-state index contributed by atoms with van der Waals surface area (Å²) in [6, 6.07) is 16.9. The van der Waals surface area contributed by atoms with E-state index in [4.69, 9.17) is 0 Å². The highest BCUT2D eigenvalue weighted by Gasteiger charge is 2.25. The van der Waals surface area contributed by atoms with Crippen molar-refractivity contribution in [2.75, 3.05) is 4.90 Å². The van der Waals surface area contributed by atoms with Gasteiger partial charge in [-0.3, -0.25) is 9.69 Å². The Morgan fingerprint density at radius 1 is 1.18 bits per heavy atom. The van der Waals surface area contributed by atoms with Crippen molar-refractivity contribution < 1.29 is 4.79 Å². The van der Waals surface area contributed by atoms with Crippen molar-refractivity contribution >= 4 is 29.0 Å². The topological polar surface area (TPSA) is 20.3 Å². The average molecular weight is 240 g/mol. The van der Waals surface area contributed by atoms with Crippen LogP contribution in [-0.2, 0) is 4.79 Å². The van der Waals surface area contributed by atoms with Gasteiger partial charge in [-0.25, -0.2) is 0 Å². The molecule has 0 N–H and O–H groups in total. The van der Waals surface area contributed by atoms with Gasteiger partial charge in [0.2, 0.25) is 5.91 Å². The molecule has 2 aromatic carbocycles. The van der Waals surface area contributed by atoms with Gasteiger partial charge in [0.15, 0.2) is 0 Å². The number of para-hydroxylation sites is 2. The molecule has 0 atom stereocenters. The van der Waals surface area contributed by atoms with Gasteiger partial charge in [-0.05, 0) is 18.2 Å². The molecule has 0 aliphatic carbocycles. The van der Waals surface area contributed by atoms with Crippen molar-refractivity contribution in [2.24, 2.45) is 0 Å². The summed E-state index contributed by atoms with van der Waals surface area (Å²) in [5.74, 6) is 0.0152. The minimum atomic E-state index is 0.0152. The Balaban J connectivity index is 2.24. The molecule has 1 aliphatic heterocycles. The summed E-state index contributed by atoms with van der Waals surface area (Å²) in [5, 5.41) is 0. The van der Waals surface area contributed by atoms with Crippen molar-refractivity contribution in [3.05, 3.63) is 48.5 Å². The number of hydrogen-bond donors (Lipinski definition) is 0. The van der Waals surface area contributed by atoms with Gasteiger partial charge in [-0.15, -0.1) is 0 Å². The van der Waals surface area contributed by atoms with E-state index in [1.807, 2.05) is 42.5 Å². The third-order valence-electron chi connectivity index (χ3n) is 2.66. The van der Waals surface area contributed by atoms with Crippen LogP contribution in [0.4, 0.5) is 11.4 Å². The molecule has 0 unspecified atom stereocenters. The van der Waals surface area contributed by atoms with Crippen LogP contribution in [0.25, 0.3) is 0 Å². The first-order valence-electron chi connectivity index (χ1n) is 5.35. The first-order chi connectivity index (χ1) is 8.27. The molecule has 3 rings (SSSR count). The van der Waals surface area contributed by atoms with Gasteiger partial charge in [0.05, 0.1) is 11.4 Å². The van der Waals surface area contributed by atoms with Gasteiger partial charge >= 0.3 is 0 Å². The predicted molar refractivity (Wildman–Crippen MR) is 68.7 cm³/mol. The summed E-state index contributed by atoms with van der Waals surface area (Å²) in [7, 11) is 0. The second kappa shape index (κ2) is 3.93. The third-order valence-corrected chi connectivity index (χ3v) is 3.78. The Morgan fingerprint density at radius 2 is 1.94 bits per heavy atom. The van der Waals surface area contributed by atoms with E-state index in [-0.39, 0.29) is 5.91 Å². The number of carbonyl (C=O) groups is 1. The van der Waals surface area contributed by atoms with E-state index in [0.29, 0.717) is 0 Å². The maximum atomic E-state index is 11.8. The van der Waals surface area contributed by atoms with E-state index >= 15 is 0 Å². The Morgan fingerprint density at radius 3 is 2.76 bits per heavy atom. The number of anilines is 2. The van der Waals surface area contributed by atoms with Crippen molar-refractivity contribution in [1.29, 1.82) is 0 Å². The van der Waals surface area contributed by atoms with Crippen LogP contribution in [0.3, 0.4) is 0 Å².